The van der Waals surface area contributed by atoms with Crippen molar-refractivity contribution >= 4 is 29.9 Å². The normalized spacial score (nSPS) is 11.2. The quantitative estimate of drug-likeness (QED) is 0.191. The lowest BCUT2D eigenvalue weighted by Gasteiger charge is -2.17. The summed E-state index contributed by atoms with van der Waals surface area (Å²) in [5.41, 5.74) is 1.15. The van der Waals surface area contributed by atoms with Crippen LogP contribution < -0.4 is 24.8 Å². The molecule has 11 heteroatoms. The Balaban J connectivity index is 0.00000480. The summed E-state index contributed by atoms with van der Waals surface area (Å²) in [6.45, 7) is -3.44. The summed E-state index contributed by atoms with van der Waals surface area (Å²) in [5.74, 6) is 0.596. The number of rotatable bonds is 10. The fraction of sp³-hybridized carbons (Fsp3) is 0.350. The monoisotopic (exact) mass is 557 g/mol. The smallest absolute Gasteiger partial charge is 0.387 e. The van der Waals surface area contributed by atoms with Crippen molar-refractivity contribution in [1.82, 2.24) is 10.6 Å². The van der Waals surface area contributed by atoms with Crippen LogP contribution in [0.1, 0.15) is 18.1 Å². The Hall–Kier alpha value is -2.44. The molecule has 0 heterocycles. The summed E-state index contributed by atoms with van der Waals surface area (Å²) in [4.78, 5) is 4.06. The lowest BCUT2D eigenvalue weighted by atomic mass is 10.2. The van der Waals surface area contributed by atoms with E-state index in [2.05, 4.69) is 25.1 Å². The summed E-state index contributed by atoms with van der Waals surface area (Å²) in [5, 5.41) is 6.01. The van der Waals surface area contributed by atoms with Gasteiger partial charge in [0.2, 0.25) is 0 Å². The first-order valence-electron chi connectivity index (χ1n) is 9.10. The van der Waals surface area contributed by atoms with Crippen LogP contribution in [0.5, 0.6) is 17.2 Å². The number of ether oxygens (including phenoxy) is 3. The molecule has 2 aromatic rings. The van der Waals surface area contributed by atoms with Gasteiger partial charge in [-0.25, -0.2) is 0 Å². The Morgan fingerprint density at radius 1 is 0.968 bits per heavy atom. The van der Waals surface area contributed by atoms with E-state index in [-0.39, 0.29) is 54.3 Å². The second kappa shape index (κ2) is 13.8. The van der Waals surface area contributed by atoms with Crippen molar-refractivity contribution in [2.45, 2.75) is 33.2 Å². The van der Waals surface area contributed by atoms with Crippen molar-refractivity contribution in [3.05, 3.63) is 53.6 Å². The molecular formula is C20H24F4IN3O3. The molecule has 0 amide bonds. The average Bonchev–Trinajstić information content (AvgIpc) is 2.69. The lowest BCUT2D eigenvalue weighted by Crippen LogP contribution is -2.36. The van der Waals surface area contributed by atoms with Crippen molar-refractivity contribution < 1.29 is 31.8 Å². The first-order chi connectivity index (χ1) is 14.4. The maximum Gasteiger partial charge on any atom is 0.387 e. The molecule has 6 nitrogen and oxygen atoms in total. The summed E-state index contributed by atoms with van der Waals surface area (Å²) in [6.07, 6.45) is 0. The number of alkyl halides is 4. The van der Waals surface area contributed by atoms with Gasteiger partial charge in [0.25, 0.3) is 0 Å². The van der Waals surface area contributed by atoms with Crippen LogP contribution >= 0.6 is 24.0 Å². The highest BCUT2D eigenvalue weighted by atomic mass is 127. The van der Waals surface area contributed by atoms with Gasteiger partial charge in [-0.15, -0.1) is 24.0 Å². The molecule has 0 radical (unpaired) electrons. The molecule has 0 saturated heterocycles. The molecule has 0 spiro atoms. The predicted octanol–water partition coefficient (Wildman–Crippen LogP) is 4.77. The van der Waals surface area contributed by atoms with Gasteiger partial charge in [-0.2, -0.15) is 17.6 Å². The first kappa shape index (κ1) is 26.6. The van der Waals surface area contributed by atoms with Crippen molar-refractivity contribution in [3.63, 3.8) is 0 Å². The fourth-order valence-electron chi connectivity index (χ4n) is 2.61. The van der Waals surface area contributed by atoms with Gasteiger partial charge in [0, 0.05) is 25.7 Å². The number of hydrogen-bond acceptors (Lipinski definition) is 4. The van der Waals surface area contributed by atoms with Crippen molar-refractivity contribution in [2.24, 2.45) is 4.99 Å². The van der Waals surface area contributed by atoms with Crippen LogP contribution in [0.3, 0.4) is 0 Å². The van der Waals surface area contributed by atoms with Crippen LogP contribution in [-0.2, 0) is 13.1 Å². The van der Waals surface area contributed by atoms with E-state index in [1.165, 1.54) is 12.1 Å². The molecule has 0 aliphatic heterocycles. The molecule has 2 rings (SSSR count). The Kier molecular flexibility index (Phi) is 11.8. The van der Waals surface area contributed by atoms with Crippen molar-refractivity contribution in [1.29, 1.82) is 0 Å². The molecule has 0 aliphatic carbocycles. The second-order valence-electron chi connectivity index (χ2n) is 5.86. The Bertz CT molecular complexity index is 841. The van der Waals surface area contributed by atoms with Crippen molar-refractivity contribution in [3.8, 4) is 17.2 Å². The third-order valence-electron chi connectivity index (χ3n) is 3.82. The SMILES string of the molecule is CCOc1cccc(CNC(=NC)NCc2cccc(OC(F)F)c2)c1OC(F)F.I. The number of nitrogens with zero attached hydrogens (tertiary/aromatic N) is 1. The number of guanidine groups is 1. The first-order valence-corrected chi connectivity index (χ1v) is 9.10. The zero-order valence-corrected chi connectivity index (χ0v) is 19.2. The summed E-state index contributed by atoms with van der Waals surface area (Å²) < 4.78 is 64.7. The van der Waals surface area contributed by atoms with Crippen LogP contribution in [0.4, 0.5) is 17.6 Å². The summed E-state index contributed by atoms with van der Waals surface area (Å²) in [6, 6.07) is 11.1. The van der Waals surface area contributed by atoms with E-state index in [1.807, 2.05) is 0 Å². The molecule has 172 valence electrons. The maximum absolute atomic E-state index is 12.8. The molecule has 0 unspecified atom stereocenters. The van der Waals surface area contributed by atoms with E-state index in [9.17, 15) is 17.6 Å². The van der Waals surface area contributed by atoms with Gasteiger partial charge in [0.05, 0.1) is 6.61 Å². The van der Waals surface area contributed by atoms with Gasteiger partial charge in [0.15, 0.2) is 17.5 Å². The number of benzene rings is 2. The molecule has 0 aromatic heterocycles. The van der Waals surface area contributed by atoms with Gasteiger partial charge in [-0.1, -0.05) is 24.3 Å². The summed E-state index contributed by atoms with van der Waals surface area (Å²) in [7, 11) is 1.54. The molecule has 0 atom stereocenters. The second-order valence-corrected chi connectivity index (χ2v) is 5.86. The minimum absolute atomic E-state index is 0. The standard InChI is InChI=1S/C20H23F4N3O3.HI/c1-3-28-16-9-5-7-14(17(16)30-19(23)24)12-27-20(25-2)26-11-13-6-4-8-15(10-13)29-18(21)22;/h4-10,18-19H,3,11-12H2,1-2H3,(H2,25,26,27);1H. The van der Waals surface area contributed by atoms with E-state index in [4.69, 9.17) is 4.74 Å². The average molecular weight is 557 g/mol. The maximum atomic E-state index is 12.8. The zero-order chi connectivity index (χ0) is 21.9. The number of hydrogen-bond donors (Lipinski definition) is 2. The van der Waals surface area contributed by atoms with Crippen molar-refractivity contribution in [2.75, 3.05) is 13.7 Å². The summed E-state index contributed by atoms with van der Waals surface area (Å²) >= 11 is 0. The highest BCUT2D eigenvalue weighted by Crippen LogP contribution is 2.32. The van der Waals surface area contributed by atoms with E-state index < -0.39 is 13.2 Å². The highest BCUT2D eigenvalue weighted by molar-refractivity contribution is 14.0. The Labute approximate surface area is 195 Å². The molecule has 0 aliphatic rings. The number of para-hydroxylation sites is 1. The Morgan fingerprint density at radius 2 is 1.65 bits per heavy atom. The van der Waals surface area contributed by atoms with Gasteiger partial charge in [-0.3, -0.25) is 4.99 Å². The zero-order valence-electron chi connectivity index (χ0n) is 16.9. The van der Waals surface area contributed by atoms with Crippen LogP contribution in [0.15, 0.2) is 47.5 Å². The van der Waals surface area contributed by atoms with E-state index in [0.29, 0.717) is 23.7 Å². The van der Waals surface area contributed by atoms with Gasteiger partial charge in [0.1, 0.15) is 5.75 Å². The minimum atomic E-state index is -2.99. The molecular weight excluding hydrogens is 533 g/mol. The largest absolute Gasteiger partial charge is 0.490 e. The Morgan fingerprint density at radius 3 is 2.29 bits per heavy atom. The highest BCUT2D eigenvalue weighted by Gasteiger charge is 2.16. The fourth-order valence-corrected chi connectivity index (χ4v) is 2.61. The predicted molar refractivity (Wildman–Crippen MR) is 120 cm³/mol. The molecule has 31 heavy (non-hydrogen) atoms. The lowest BCUT2D eigenvalue weighted by molar-refractivity contribution is -0.0522. The topological polar surface area (TPSA) is 64.1 Å². The van der Waals surface area contributed by atoms with Crippen LogP contribution in [0.25, 0.3) is 0 Å². The van der Waals surface area contributed by atoms with Gasteiger partial charge >= 0.3 is 13.2 Å². The van der Waals surface area contributed by atoms with E-state index in [0.717, 1.165) is 0 Å². The molecule has 2 aromatic carbocycles. The van der Waals surface area contributed by atoms with Crippen LogP contribution in [0, 0.1) is 0 Å². The number of halogens is 5. The van der Waals surface area contributed by atoms with Crippen LogP contribution in [-0.4, -0.2) is 32.8 Å². The van der Waals surface area contributed by atoms with Gasteiger partial charge in [-0.05, 0) is 30.7 Å². The molecule has 0 saturated carbocycles. The molecule has 2 N–H and O–H groups in total. The third kappa shape index (κ3) is 9.07. The minimum Gasteiger partial charge on any atom is -0.490 e. The third-order valence-corrected chi connectivity index (χ3v) is 3.82. The van der Waals surface area contributed by atoms with E-state index in [1.54, 1.807) is 44.3 Å². The van der Waals surface area contributed by atoms with E-state index >= 15 is 0 Å². The van der Waals surface area contributed by atoms with Gasteiger partial charge < -0.3 is 24.8 Å². The van der Waals surface area contributed by atoms with Crippen LogP contribution in [0.2, 0.25) is 0 Å². The molecule has 0 bridgehead atoms. The number of nitrogens with one attached hydrogen (secondary N) is 2. The molecule has 0 fully saturated rings. The number of aliphatic imine (C=N–C) groups is 1.